The average molecular weight is 385 g/mol. The van der Waals surface area contributed by atoms with E-state index in [0.29, 0.717) is 18.5 Å². The summed E-state index contributed by atoms with van der Waals surface area (Å²) in [4.78, 5) is 11.7. The van der Waals surface area contributed by atoms with Gasteiger partial charge in [-0.1, -0.05) is 53.9 Å². The fourth-order valence-electron chi connectivity index (χ4n) is 1.53. The summed E-state index contributed by atoms with van der Waals surface area (Å²) in [7, 11) is 0. The Morgan fingerprint density at radius 2 is 1.95 bits per heavy atom. The summed E-state index contributed by atoms with van der Waals surface area (Å²) in [5.41, 5.74) is 0.392. The Morgan fingerprint density at radius 3 is 2.50 bits per heavy atom. The van der Waals surface area contributed by atoms with E-state index in [1.165, 1.54) is 6.07 Å². The number of carbonyl (C=O) groups excluding carboxylic acids is 1. The van der Waals surface area contributed by atoms with Crippen LogP contribution in [0.25, 0.3) is 0 Å². The maximum Gasteiger partial charge on any atom is 0.228 e. The molecule has 0 radical (unpaired) electrons. The largest absolute Gasteiger partial charge is 0.506 e. The minimum atomic E-state index is -1.80. The van der Waals surface area contributed by atoms with Crippen molar-refractivity contribution in [2.24, 2.45) is 0 Å². The minimum absolute atomic E-state index is 0.0205. The molecule has 0 saturated carbocycles. The maximum atomic E-state index is 11.7. The zero-order chi connectivity index (χ0) is 16.8. The number of alkyl halides is 3. The molecule has 22 heavy (non-hydrogen) atoms. The Morgan fingerprint density at radius 1 is 1.32 bits per heavy atom. The molecule has 5 nitrogen and oxygen atoms in total. The first-order valence-electron chi connectivity index (χ1n) is 6.45. The number of thiocarbonyl (C=S) groups is 1. The number of anilines is 1. The predicted molar refractivity (Wildman–Crippen MR) is 94.6 cm³/mol. The van der Waals surface area contributed by atoms with E-state index >= 15 is 0 Å². The molecule has 122 valence electrons. The number of nitrogens with one attached hydrogen (secondary N) is 3. The van der Waals surface area contributed by atoms with Gasteiger partial charge >= 0.3 is 0 Å². The first kappa shape index (κ1) is 19.1. The monoisotopic (exact) mass is 383 g/mol. The lowest BCUT2D eigenvalue weighted by Gasteiger charge is -2.27. The lowest BCUT2D eigenvalue weighted by molar-refractivity contribution is -0.121. The number of para-hydroxylation sites is 2. The molecule has 0 saturated heterocycles. The predicted octanol–water partition coefficient (Wildman–Crippen LogP) is 3.29. The number of phenolic OH excluding ortho intramolecular Hbond substituents is 1. The number of hydrogen-bond donors (Lipinski definition) is 4. The average Bonchev–Trinajstić information content (AvgIpc) is 2.40. The number of hydrogen-bond acceptors (Lipinski definition) is 3. The van der Waals surface area contributed by atoms with E-state index in [4.69, 9.17) is 47.0 Å². The first-order valence-corrected chi connectivity index (χ1v) is 7.99. The van der Waals surface area contributed by atoms with Gasteiger partial charge < -0.3 is 21.1 Å². The zero-order valence-corrected chi connectivity index (χ0v) is 14.8. The van der Waals surface area contributed by atoms with Gasteiger partial charge in [0.15, 0.2) is 5.11 Å². The van der Waals surface area contributed by atoms with Crippen LogP contribution in [0.1, 0.15) is 19.8 Å². The molecule has 9 heteroatoms. The topological polar surface area (TPSA) is 73.4 Å². The second-order valence-electron chi connectivity index (χ2n) is 4.41. The quantitative estimate of drug-likeness (QED) is 0.271. The highest BCUT2D eigenvalue weighted by atomic mass is 35.6. The van der Waals surface area contributed by atoms with E-state index < -0.39 is 9.96 Å². The maximum absolute atomic E-state index is 11.7. The molecule has 4 N–H and O–H groups in total. The van der Waals surface area contributed by atoms with Crippen molar-refractivity contribution in [2.75, 3.05) is 5.32 Å². The normalized spacial score (nSPS) is 12.4. The van der Waals surface area contributed by atoms with Crippen molar-refractivity contribution in [2.45, 2.75) is 29.7 Å². The number of phenols is 1. The fraction of sp³-hybridized carbons (Fsp3) is 0.385. The van der Waals surface area contributed by atoms with Crippen LogP contribution >= 0.6 is 47.0 Å². The number of benzene rings is 1. The number of amides is 1. The van der Waals surface area contributed by atoms with Crippen LogP contribution in [0.2, 0.25) is 0 Å². The van der Waals surface area contributed by atoms with E-state index in [1.807, 2.05) is 6.92 Å². The highest BCUT2D eigenvalue weighted by Crippen LogP contribution is 2.29. The Labute approximate surface area is 149 Å². The molecule has 1 aromatic rings. The molecular formula is C13H16Cl3N3O2S. The van der Waals surface area contributed by atoms with Gasteiger partial charge in [-0.15, -0.1) is 0 Å². The van der Waals surface area contributed by atoms with Crippen LogP contribution in [0, 0.1) is 0 Å². The van der Waals surface area contributed by atoms with Crippen LogP contribution in [0.5, 0.6) is 5.75 Å². The van der Waals surface area contributed by atoms with Crippen LogP contribution in [0.15, 0.2) is 24.3 Å². The second kappa shape index (κ2) is 8.62. The molecule has 0 aromatic heterocycles. The van der Waals surface area contributed by atoms with E-state index in [0.717, 1.165) is 0 Å². The number of carbonyl (C=O) groups is 1. The van der Waals surface area contributed by atoms with E-state index in [2.05, 4.69) is 16.0 Å². The molecule has 0 fully saturated rings. The van der Waals surface area contributed by atoms with Crippen molar-refractivity contribution in [3.63, 3.8) is 0 Å². The molecule has 1 rings (SSSR count). The van der Waals surface area contributed by atoms with Crippen molar-refractivity contribution < 1.29 is 9.90 Å². The summed E-state index contributed by atoms with van der Waals surface area (Å²) < 4.78 is -1.80. The Bertz CT molecular complexity index is 538. The molecule has 0 aliphatic rings. The number of halogens is 3. The molecule has 1 atom stereocenters. The third-order valence-corrected chi connectivity index (χ3v) is 3.41. The van der Waals surface area contributed by atoms with Crippen molar-refractivity contribution in [1.29, 1.82) is 0 Å². The lowest BCUT2D eigenvalue weighted by atomic mass is 10.3. The summed E-state index contributed by atoms with van der Waals surface area (Å²) >= 11 is 22.6. The fourth-order valence-corrected chi connectivity index (χ4v) is 2.08. The van der Waals surface area contributed by atoms with Crippen molar-refractivity contribution in [3.8, 4) is 5.75 Å². The van der Waals surface area contributed by atoms with Crippen LogP contribution in [0.4, 0.5) is 5.69 Å². The van der Waals surface area contributed by atoms with E-state index in [9.17, 15) is 9.90 Å². The summed E-state index contributed by atoms with van der Waals surface area (Å²) in [5.74, 6) is -0.246. The summed E-state index contributed by atoms with van der Waals surface area (Å²) in [6.45, 7) is 1.86. The highest BCUT2D eigenvalue weighted by Gasteiger charge is 2.34. The van der Waals surface area contributed by atoms with Crippen molar-refractivity contribution in [1.82, 2.24) is 10.6 Å². The summed E-state index contributed by atoms with van der Waals surface area (Å²) in [5, 5.41) is 17.8. The first-order chi connectivity index (χ1) is 10.2. The van der Waals surface area contributed by atoms with Gasteiger partial charge in [-0.25, -0.2) is 0 Å². The third kappa shape index (κ3) is 6.44. The Kier molecular flexibility index (Phi) is 7.48. The molecule has 0 aliphatic heterocycles. The lowest BCUT2D eigenvalue weighted by Crippen LogP contribution is -2.56. The zero-order valence-electron chi connectivity index (χ0n) is 11.7. The van der Waals surface area contributed by atoms with Gasteiger partial charge in [0.1, 0.15) is 11.9 Å². The Hall–Kier alpha value is -0.950. The Balaban J connectivity index is 2.71. The molecule has 1 amide bonds. The smallest absolute Gasteiger partial charge is 0.228 e. The van der Waals surface area contributed by atoms with Crippen LogP contribution in [-0.2, 0) is 4.79 Å². The van der Waals surface area contributed by atoms with Crippen LogP contribution in [-0.4, -0.2) is 26.1 Å². The SMILES string of the molecule is CCCC(=O)N[C@H](NC(=S)Nc1ccccc1O)C(Cl)(Cl)Cl. The van der Waals surface area contributed by atoms with Gasteiger partial charge in [-0.2, -0.15) is 0 Å². The van der Waals surface area contributed by atoms with Crippen molar-refractivity contribution in [3.05, 3.63) is 24.3 Å². The highest BCUT2D eigenvalue weighted by molar-refractivity contribution is 7.80. The number of aromatic hydroxyl groups is 1. The van der Waals surface area contributed by atoms with Gasteiger partial charge in [-0.05, 0) is 30.8 Å². The van der Waals surface area contributed by atoms with Gasteiger partial charge in [-0.3, -0.25) is 4.79 Å². The standard InChI is InChI=1S/C13H16Cl3N3O2S/c1-2-5-10(21)18-11(13(14,15)16)19-12(22)17-8-6-3-4-7-9(8)20/h3-4,6-7,11,20H,2,5H2,1H3,(H,18,21)(H2,17,19,22)/t11-/m1/s1. The molecule has 0 spiro atoms. The molecule has 0 unspecified atom stereocenters. The summed E-state index contributed by atoms with van der Waals surface area (Å²) in [6.07, 6.45) is -0.0418. The van der Waals surface area contributed by atoms with Gasteiger partial charge in [0, 0.05) is 6.42 Å². The molecule has 1 aromatic carbocycles. The van der Waals surface area contributed by atoms with Crippen LogP contribution < -0.4 is 16.0 Å². The van der Waals surface area contributed by atoms with E-state index in [1.54, 1.807) is 18.2 Å². The molecular weight excluding hydrogens is 369 g/mol. The molecule has 0 heterocycles. The van der Waals surface area contributed by atoms with Gasteiger partial charge in [0.25, 0.3) is 0 Å². The molecule has 0 aliphatic carbocycles. The summed E-state index contributed by atoms with van der Waals surface area (Å²) in [6, 6.07) is 6.52. The molecule has 0 bridgehead atoms. The number of rotatable bonds is 5. The third-order valence-electron chi connectivity index (χ3n) is 2.54. The van der Waals surface area contributed by atoms with Gasteiger partial charge in [0.05, 0.1) is 5.69 Å². The minimum Gasteiger partial charge on any atom is -0.506 e. The van der Waals surface area contributed by atoms with E-state index in [-0.39, 0.29) is 16.8 Å². The van der Waals surface area contributed by atoms with Gasteiger partial charge in [0.2, 0.25) is 9.70 Å². The second-order valence-corrected chi connectivity index (χ2v) is 7.18. The van der Waals surface area contributed by atoms with Crippen LogP contribution in [0.3, 0.4) is 0 Å². The van der Waals surface area contributed by atoms with Crippen molar-refractivity contribution >= 4 is 63.7 Å².